The van der Waals surface area contributed by atoms with Gasteiger partial charge in [0.2, 0.25) is 0 Å². The molecule has 92 valence electrons. The third kappa shape index (κ3) is 2.90. The van der Waals surface area contributed by atoms with Crippen molar-refractivity contribution in [2.24, 2.45) is 0 Å². The molecule has 4 heteroatoms. The third-order valence-corrected chi connectivity index (χ3v) is 2.76. The molecule has 1 amide bonds. The second-order valence-corrected chi connectivity index (χ2v) is 3.95. The van der Waals surface area contributed by atoms with Crippen molar-refractivity contribution in [3.05, 3.63) is 29.8 Å². The van der Waals surface area contributed by atoms with Gasteiger partial charge in [0.15, 0.2) is 0 Å². The summed E-state index contributed by atoms with van der Waals surface area (Å²) in [6.45, 7) is 2.87. The van der Waals surface area contributed by atoms with Gasteiger partial charge in [-0.2, -0.15) is 0 Å². The maximum absolute atomic E-state index is 11.5. The van der Waals surface area contributed by atoms with E-state index in [0.717, 1.165) is 24.2 Å². The molecule has 4 nitrogen and oxygen atoms in total. The van der Waals surface area contributed by atoms with Crippen molar-refractivity contribution in [2.45, 2.75) is 25.8 Å². The van der Waals surface area contributed by atoms with Crippen LogP contribution < -0.4 is 10.1 Å². The van der Waals surface area contributed by atoms with Crippen molar-refractivity contribution in [1.82, 2.24) is 5.32 Å². The lowest BCUT2D eigenvalue weighted by atomic mass is 10.0. The Labute approximate surface area is 101 Å². The number of carbonyl (C=O) groups excluding carboxylic acids is 1. The lowest BCUT2D eigenvalue weighted by molar-refractivity contribution is 0.147. The molecule has 17 heavy (non-hydrogen) atoms. The van der Waals surface area contributed by atoms with E-state index in [4.69, 9.17) is 9.47 Å². The number of hydrogen-bond donors (Lipinski definition) is 1. The van der Waals surface area contributed by atoms with Crippen molar-refractivity contribution in [2.75, 3.05) is 13.2 Å². The first-order valence-corrected chi connectivity index (χ1v) is 5.96. The zero-order valence-electron chi connectivity index (χ0n) is 9.94. The molecule has 1 aliphatic heterocycles. The molecule has 1 unspecified atom stereocenters. The molecule has 0 saturated heterocycles. The second kappa shape index (κ2) is 5.57. The molecule has 1 heterocycles. The Morgan fingerprint density at radius 2 is 2.35 bits per heavy atom. The summed E-state index contributed by atoms with van der Waals surface area (Å²) in [4.78, 5) is 11.5. The lowest BCUT2D eigenvalue weighted by Gasteiger charge is -2.17. The number of amides is 1. The summed E-state index contributed by atoms with van der Waals surface area (Å²) in [6.07, 6.45) is 1.43. The molecule has 1 aromatic rings. The summed E-state index contributed by atoms with van der Waals surface area (Å²) >= 11 is 0. The first-order valence-electron chi connectivity index (χ1n) is 5.96. The molecule has 1 atom stereocenters. The fraction of sp³-hybridized carbons (Fsp3) is 0.462. The number of hydrogen-bond acceptors (Lipinski definition) is 3. The van der Waals surface area contributed by atoms with Gasteiger partial charge in [-0.1, -0.05) is 18.2 Å². The van der Waals surface area contributed by atoms with Crippen LogP contribution in [0, 0.1) is 0 Å². The van der Waals surface area contributed by atoms with Crippen molar-refractivity contribution in [3.8, 4) is 5.75 Å². The minimum absolute atomic E-state index is 0.0206. The first kappa shape index (κ1) is 11.8. The quantitative estimate of drug-likeness (QED) is 0.857. The number of benzene rings is 1. The van der Waals surface area contributed by atoms with Gasteiger partial charge >= 0.3 is 6.09 Å². The van der Waals surface area contributed by atoms with Gasteiger partial charge in [0.05, 0.1) is 19.3 Å². The predicted molar refractivity (Wildman–Crippen MR) is 64.1 cm³/mol. The van der Waals surface area contributed by atoms with Crippen LogP contribution in [0.3, 0.4) is 0 Å². The van der Waals surface area contributed by atoms with Gasteiger partial charge in [-0.15, -0.1) is 0 Å². The van der Waals surface area contributed by atoms with E-state index in [-0.39, 0.29) is 12.1 Å². The van der Waals surface area contributed by atoms with Gasteiger partial charge < -0.3 is 14.8 Å². The maximum atomic E-state index is 11.5. The normalized spacial score (nSPS) is 18.5. The highest BCUT2D eigenvalue weighted by Gasteiger charge is 2.21. The fourth-order valence-corrected chi connectivity index (χ4v) is 1.99. The van der Waals surface area contributed by atoms with Gasteiger partial charge in [0.25, 0.3) is 0 Å². The zero-order chi connectivity index (χ0) is 12.1. The largest absolute Gasteiger partial charge is 0.493 e. The van der Waals surface area contributed by atoms with E-state index >= 15 is 0 Å². The minimum Gasteiger partial charge on any atom is -0.493 e. The summed E-state index contributed by atoms with van der Waals surface area (Å²) in [5, 5.41) is 2.87. The smallest absolute Gasteiger partial charge is 0.407 e. The summed E-state index contributed by atoms with van der Waals surface area (Å²) in [5.74, 6) is 0.854. The highest BCUT2D eigenvalue weighted by Crippen LogP contribution is 2.31. The van der Waals surface area contributed by atoms with E-state index in [0.29, 0.717) is 13.2 Å². The molecule has 0 aliphatic carbocycles. The number of nitrogens with one attached hydrogen (secondary N) is 1. The van der Waals surface area contributed by atoms with Crippen LogP contribution in [-0.4, -0.2) is 19.3 Å². The minimum atomic E-state index is -0.366. The van der Waals surface area contributed by atoms with Crippen molar-refractivity contribution in [3.63, 3.8) is 0 Å². The standard InChI is InChI=1S/C13H17NO3/c1-2-16-13(15)14-11-7-5-9-17-12-8-4-3-6-10(11)12/h3-4,6,8,11H,2,5,7,9H2,1H3,(H,14,15). The van der Waals surface area contributed by atoms with Crippen LogP contribution in [0.2, 0.25) is 0 Å². The fourth-order valence-electron chi connectivity index (χ4n) is 1.99. The van der Waals surface area contributed by atoms with Gasteiger partial charge in [0.1, 0.15) is 5.75 Å². The molecule has 1 N–H and O–H groups in total. The van der Waals surface area contributed by atoms with Crippen LogP contribution in [0.4, 0.5) is 4.79 Å². The molecular weight excluding hydrogens is 218 g/mol. The van der Waals surface area contributed by atoms with Crippen LogP contribution in [0.5, 0.6) is 5.75 Å². The molecule has 1 aliphatic rings. The average Bonchev–Trinajstić information content (AvgIpc) is 2.53. The van der Waals surface area contributed by atoms with Crippen molar-refractivity contribution < 1.29 is 14.3 Å². The van der Waals surface area contributed by atoms with Gasteiger partial charge in [-0.25, -0.2) is 4.79 Å². The van der Waals surface area contributed by atoms with E-state index in [1.165, 1.54) is 0 Å². The van der Waals surface area contributed by atoms with Crippen LogP contribution in [0.25, 0.3) is 0 Å². The van der Waals surface area contributed by atoms with Crippen LogP contribution in [0.15, 0.2) is 24.3 Å². The average molecular weight is 235 g/mol. The number of carbonyl (C=O) groups is 1. The molecule has 2 rings (SSSR count). The van der Waals surface area contributed by atoms with Crippen LogP contribution in [-0.2, 0) is 4.74 Å². The maximum Gasteiger partial charge on any atom is 0.407 e. The van der Waals surface area contributed by atoms with Crippen LogP contribution in [0.1, 0.15) is 31.4 Å². The van der Waals surface area contributed by atoms with Crippen LogP contribution >= 0.6 is 0 Å². The Balaban J connectivity index is 2.14. The highest BCUT2D eigenvalue weighted by molar-refractivity contribution is 5.68. The van der Waals surface area contributed by atoms with Crippen molar-refractivity contribution >= 4 is 6.09 Å². The summed E-state index contributed by atoms with van der Waals surface area (Å²) in [5.41, 5.74) is 1.03. The molecule has 0 saturated carbocycles. The molecule has 0 bridgehead atoms. The Kier molecular flexibility index (Phi) is 3.85. The van der Waals surface area contributed by atoms with E-state index in [9.17, 15) is 4.79 Å². The SMILES string of the molecule is CCOC(=O)NC1CCCOc2ccccc21. The topological polar surface area (TPSA) is 47.6 Å². The zero-order valence-corrected chi connectivity index (χ0v) is 9.94. The Bertz CT molecular complexity index is 392. The van der Waals surface area contributed by atoms with E-state index in [1.807, 2.05) is 24.3 Å². The number of rotatable bonds is 2. The number of alkyl carbamates (subject to hydrolysis) is 1. The van der Waals surface area contributed by atoms with E-state index in [1.54, 1.807) is 6.92 Å². The Morgan fingerprint density at radius 1 is 1.53 bits per heavy atom. The number of ether oxygens (including phenoxy) is 2. The van der Waals surface area contributed by atoms with E-state index in [2.05, 4.69) is 5.32 Å². The summed E-state index contributed by atoms with van der Waals surface area (Å²) in [7, 11) is 0. The predicted octanol–water partition coefficient (Wildman–Crippen LogP) is 2.65. The van der Waals surface area contributed by atoms with Gasteiger partial charge in [-0.3, -0.25) is 0 Å². The first-order chi connectivity index (χ1) is 8.31. The second-order valence-electron chi connectivity index (χ2n) is 3.95. The Morgan fingerprint density at radius 3 is 3.18 bits per heavy atom. The summed E-state index contributed by atoms with van der Waals surface area (Å²) in [6, 6.07) is 7.78. The highest BCUT2D eigenvalue weighted by atomic mass is 16.5. The lowest BCUT2D eigenvalue weighted by Crippen LogP contribution is -2.28. The van der Waals surface area contributed by atoms with Gasteiger partial charge in [0, 0.05) is 5.56 Å². The number of para-hydroxylation sites is 1. The molecule has 1 aromatic carbocycles. The molecule has 0 spiro atoms. The monoisotopic (exact) mass is 235 g/mol. The molecule has 0 radical (unpaired) electrons. The molecular formula is C13H17NO3. The molecule has 0 fully saturated rings. The van der Waals surface area contributed by atoms with Crippen molar-refractivity contribution in [1.29, 1.82) is 0 Å². The Hall–Kier alpha value is -1.71. The number of fused-ring (bicyclic) bond motifs is 1. The third-order valence-electron chi connectivity index (χ3n) is 2.76. The molecule has 0 aromatic heterocycles. The van der Waals surface area contributed by atoms with Gasteiger partial charge in [-0.05, 0) is 25.8 Å². The summed E-state index contributed by atoms with van der Waals surface area (Å²) < 4.78 is 10.5. The van der Waals surface area contributed by atoms with E-state index < -0.39 is 0 Å².